The van der Waals surface area contributed by atoms with Gasteiger partial charge in [-0.05, 0) is 28.8 Å². The van der Waals surface area contributed by atoms with Crippen LogP contribution in [0.15, 0.2) is 84.9 Å². The molecule has 0 fully saturated rings. The van der Waals surface area contributed by atoms with E-state index in [1.54, 1.807) is 11.3 Å². The molecular weight excluding hydrogens is 438 g/mol. The zero-order valence-electron chi connectivity index (χ0n) is 17.5. The topological polar surface area (TPSA) is 45.2 Å². The van der Waals surface area contributed by atoms with Crippen molar-refractivity contribution in [3.05, 3.63) is 107 Å². The number of carbonyl (C=O) groups is 1. The number of carbonyl (C=O) groups excluding carboxylic acids is 1. The molecule has 0 bridgehead atoms. The number of nitrogens with zero attached hydrogens (tertiary/aromatic N) is 2. The van der Waals surface area contributed by atoms with Crippen LogP contribution in [0.3, 0.4) is 0 Å². The number of rotatable bonds is 5. The van der Waals surface area contributed by atoms with Crippen molar-refractivity contribution >= 4 is 34.8 Å². The molecule has 0 atom stereocenters. The number of amides is 1. The summed E-state index contributed by atoms with van der Waals surface area (Å²) in [6.45, 7) is 2.80. The van der Waals surface area contributed by atoms with Crippen molar-refractivity contribution in [2.45, 2.75) is 19.5 Å². The fraction of sp³-hybridized carbons (Fsp3) is 0.154. The molecule has 1 aliphatic rings. The van der Waals surface area contributed by atoms with Gasteiger partial charge in [0, 0.05) is 36.5 Å². The number of thiazole rings is 1. The van der Waals surface area contributed by atoms with E-state index in [4.69, 9.17) is 0 Å². The van der Waals surface area contributed by atoms with E-state index in [1.807, 2.05) is 48.5 Å². The number of aromatic nitrogens is 1. The van der Waals surface area contributed by atoms with Crippen molar-refractivity contribution in [2.75, 3.05) is 11.9 Å². The lowest BCUT2D eigenvalue weighted by Crippen LogP contribution is -2.29. The SMILES string of the molecule is Cl.O=C(Nc1nc2c(s1)CN(Cc1ccccc1)CC2)c1ccc(-c2ccccc2)cc1. The number of fused-ring (bicyclic) bond motifs is 1. The highest BCUT2D eigenvalue weighted by atomic mass is 35.5. The summed E-state index contributed by atoms with van der Waals surface area (Å²) in [5.41, 5.74) is 5.31. The van der Waals surface area contributed by atoms with Crippen molar-refractivity contribution in [3.8, 4) is 11.1 Å². The predicted octanol–water partition coefficient (Wildman–Crippen LogP) is 6.04. The Morgan fingerprint density at radius 2 is 1.56 bits per heavy atom. The first-order valence-electron chi connectivity index (χ1n) is 10.5. The van der Waals surface area contributed by atoms with E-state index in [0.717, 1.165) is 42.9 Å². The molecule has 4 nitrogen and oxygen atoms in total. The van der Waals surface area contributed by atoms with Gasteiger partial charge in [-0.1, -0.05) is 72.8 Å². The molecule has 0 saturated carbocycles. The molecular formula is C26H24ClN3OS. The summed E-state index contributed by atoms with van der Waals surface area (Å²) in [6, 6.07) is 28.4. The Kier molecular flexibility index (Phi) is 7.00. The Morgan fingerprint density at radius 1 is 0.906 bits per heavy atom. The van der Waals surface area contributed by atoms with Crippen molar-refractivity contribution in [1.82, 2.24) is 9.88 Å². The van der Waals surface area contributed by atoms with E-state index in [1.165, 1.54) is 10.4 Å². The Hall–Kier alpha value is -2.99. The zero-order valence-corrected chi connectivity index (χ0v) is 19.2. The van der Waals surface area contributed by atoms with Crippen molar-refractivity contribution in [2.24, 2.45) is 0 Å². The van der Waals surface area contributed by atoms with E-state index in [9.17, 15) is 4.79 Å². The number of nitrogens with one attached hydrogen (secondary N) is 1. The van der Waals surface area contributed by atoms with E-state index < -0.39 is 0 Å². The van der Waals surface area contributed by atoms with Gasteiger partial charge >= 0.3 is 0 Å². The first kappa shape index (κ1) is 22.2. The van der Waals surface area contributed by atoms with Gasteiger partial charge in [0.25, 0.3) is 5.91 Å². The lowest BCUT2D eigenvalue weighted by atomic mass is 10.0. The Bertz CT molecular complexity index is 1180. The summed E-state index contributed by atoms with van der Waals surface area (Å²) < 4.78 is 0. The minimum Gasteiger partial charge on any atom is -0.298 e. The van der Waals surface area contributed by atoms with E-state index in [0.29, 0.717) is 10.7 Å². The van der Waals surface area contributed by atoms with Gasteiger partial charge in [-0.15, -0.1) is 23.7 Å². The van der Waals surface area contributed by atoms with Gasteiger partial charge in [0.05, 0.1) is 5.69 Å². The molecule has 162 valence electrons. The maximum Gasteiger partial charge on any atom is 0.257 e. The lowest BCUT2D eigenvalue weighted by Gasteiger charge is -2.25. The number of halogens is 1. The van der Waals surface area contributed by atoms with Gasteiger partial charge in [-0.2, -0.15) is 0 Å². The molecule has 0 radical (unpaired) electrons. The standard InChI is InChI=1S/C26H23N3OS.ClH/c30-25(22-13-11-21(12-14-22)20-9-5-2-6-10-20)28-26-27-23-15-16-29(18-24(23)31-26)17-19-7-3-1-4-8-19;/h1-14H,15-18H2,(H,27,28,30);1H. The molecule has 4 aromatic rings. The molecule has 1 amide bonds. The predicted molar refractivity (Wildman–Crippen MR) is 133 cm³/mol. The normalized spacial score (nSPS) is 13.1. The fourth-order valence-electron chi connectivity index (χ4n) is 3.89. The van der Waals surface area contributed by atoms with Gasteiger partial charge in [-0.25, -0.2) is 4.98 Å². The summed E-state index contributed by atoms with van der Waals surface area (Å²) in [5, 5.41) is 3.67. The molecule has 0 unspecified atom stereocenters. The van der Waals surface area contributed by atoms with E-state index in [2.05, 4.69) is 51.6 Å². The maximum atomic E-state index is 12.7. The van der Waals surface area contributed by atoms with Gasteiger partial charge < -0.3 is 0 Å². The monoisotopic (exact) mass is 461 g/mol. The minimum atomic E-state index is -0.119. The van der Waals surface area contributed by atoms with Gasteiger partial charge in [-0.3, -0.25) is 15.0 Å². The highest BCUT2D eigenvalue weighted by Crippen LogP contribution is 2.29. The third-order valence-corrected chi connectivity index (χ3v) is 6.53. The highest BCUT2D eigenvalue weighted by molar-refractivity contribution is 7.15. The van der Waals surface area contributed by atoms with Crippen LogP contribution in [0.25, 0.3) is 11.1 Å². The smallest absolute Gasteiger partial charge is 0.257 e. The van der Waals surface area contributed by atoms with Crippen LogP contribution in [0, 0.1) is 0 Å². The molecule has 6 heteroatoms. The van der Waals surface area contributed by atoms with Gasteiger partial charge in [0.1, 0.15) is 0 Å². The third kappa shape index (κ3) is 5.07. The van der Waals surface area contributed by atoms with Crippen LogP contribution in [0.4, 0.5) is 5.13 Å². The number of hydrogen-bond acceptors (Lipinski definition) is 4. The minimum absolute atomic E-state index is 0. The van der Waals surface area contributed by atoms with Crippen LogP contribution in [-0.2, 0) is 19.5 Å². The first-order valence-corrected chi connectivity index (χ1v) is 11.3. The lowest BCUT2D eigenvalue weighted by molar-refractivity contribution is 0.102. The highest BCUT2D eigenvalue weighted by Gasteiger charge is 2.21. The molecule has 3 aromatic carbocycles. The van der Waals surface area contributed by atoms with Crippen LogP contribution in [-0.4, -0.2) is 22.3 Å². The second kappa shape index (κ2) is 10.1. The van der Waals surface area contributed by atoms with Crippen molar-refractivity contribution in [3.63, 3.8) is 0 Å². The Labute approximate surface area is 198 Å². The Morgan fingerprint density at radius 3 is 2.28 bits per heavy atom. The van der Waals surface area contributed by atoms with E-state index in [-0.39, 0.29) is 18.3 Å². The molecule has 0 saturated heterocycles. The summed E-state index contributed by atoms with van der Waals surface area (Å²) in [5.74, 6) is -0.119. The quantitative estimate of drug-likeness (QED) is 0.394. The molecule has 1 aromatic heterocycles. The van der Waals surface area contributed by atoms with Crippen molar-refractivity contribution in [1.29, 1.82) is 0 Å². The third-order valence-electron chi connectivity index (χ3n) is 5.53. The van der Waals surface area contributed by atoms with E-state index >= 15 is 0 Å². The van der Waals surface area contributed by atoms with Crippen LogP contribution in [0.2, 0.25) is 0 Å². The molecule has 2 heterocycles. The molecule has 1 aliphatic heterocycles. The van der Waals surface area contributed by atoms with Gasteiger partial charge in [0.15, 0.2) is 5.13 Å². The van der Waals surface area contributed by atoms with Crippen LogP contribution >= 0.6 is 23.7 Å². The van der Waals surface area contributed by atoms with Crippen LogP contribution in [0.5, 0.6) is 0 Å². The molecule has 0 aliphatic carbocycles. The Balaban J connectivity index is 0.00000245. The number of benzene rings is 3. The number of hydrogen-bond donors (Lipinski definition) is 1. The average molecular weight is 462 g/mol. The van der Waals surface area contributed by atoms with Crippen LogP contribution in [0.1, 0.15) is 26.5 Å². The molecule has 1 N–H and O–H groups in total. The molecule has 0 spiro atoms. The summed E-state index contributed by atoms with van der Waals surface area (Å²) in [4.78, 5) is 21.1. The number of anilines is 1. The molecule has 32 heavy (non-hydrogen) atoms. The molecule has 5 rings (SSSR count). The summed E-state index contributed by atoms with van der Waals surface area (Å²) >= 11 is 1.59. The fourth-order valence-corrected chi connectivity index (χ4v) is 4.94. The second-order valence-corrected chi connectivity index (χ2v) is 8.82. The van der Waals surface area contributed by atoms with Crippen molar-refractivity contribution < 1.29 is 4.79 Å². The largest absolute Gasteiger partial charge is 0.298 e. The second-order valence-electron chi connectivity index (χ2n) is 7.73. The average Bonchev–Trinajstić information content (AvgIpc) is 3.22. The van der Waals surface area contributed by atoms with Crippen LogP contribution < -0.4 is 5.32 Å². The van der Waals surface area contributed by atoms with Gasteiger partial charge in [0.2, 0.25) is 0 Å². The summed E-state index contributed by atoms with van der Waals surface area (Å²) in [6.07, 6.45) is 0.917. The maximum absolute atomic E-state index is 12.7. The summed E-state index contributed by atoms with van der Waals surface area (Å²) in [7, 11) is 0. The zero-order chi connectivity index (χ0) is 21.0. The first-order chi connectivity index (χ1) is 15.2.